The summed E-state index contributed by atoms with van der Waals surface area (Å²) < 4.78 is 0. The number of carbonyl (C=O) groups is 1. The molecule has 0 radical (unpaired) electrons. The van der Waals surface area contributed by atoms with E-state index < -0.39 is 5.97 Å². The quantitative estimate of drug-likeness (QED) is 0.862. The molecule has 0 spiro atoms. The highest BCUT2D eigenvalue weighted by atomic mass is 16.4. The van der Waals surface area contributed by atoms with E-state index in [0.717, 1.165) is 5.56 Å². The van der Waals surface area contributed by atoms with Gasteiger partial charge in [-0.25, -0.2) is 4.79 Å². The molecule has 1 unspecified atom stereocenters. The lowest BCUT2D eigenvalue weighted by atomic mass is 10.1. The largest absolute Gasteiger partial charge is 0.476 e. The summed E-state index contributed by atoms with van der Waals surface area (Å²) in [7, 11) is 0. The molecule has 92 valence electrons. The molecule has 18 heavy (non-hydrogen) atoms. The molecular weight excluding hydrogens is 230 g/mol. The molecule has 0 saturated carbocycles. The zero-order chi connectivity index (χ0) is 13.0. The fourth-order valence-electron chi connectivity index (χ4n) is 1.57. The van der Waals surface area contributed by atoms with E-state index in [1.54, 1.807) is 6.07 Å². The van der Waals surface area contributed by atoms with Crippen LogP contribution >= 0.6 is 0 Å². The number of carboxylic acid groups (broad SMARTS) is 1. The van der Waals surface area contributed by atoms with Gasteiger partial charge in [-0.3, -0.25) is 0 Å². The van der Waals surface area contributed by atoms with Gasteiger partial charge in [0.15, 0.2) is 5.69 Å². The van der Waals surface area contributed by atoms with Crippen molar-refractivity contribution in [1.29, 1.82) is 0 Å². The number of anilines is 1. The van der Waals surface area contributed by atoms with Crippen molar-refractivity contribution in [3.05, 3.63) is 53.7 Å². The summed E-state index contributed by atoms with van der Waals surface area (Å²) in [6.45, 7) is 2.00. The number of benzene rings is 1. The van der Waals surface area contributed by atoms with Crippen LogP contribution in [0.25, 0.3) is 0 Å². The van der Waals surface area contributed by atoms with Crippen LogP contribution in [0.15, 0.2) is 42.5 Å². The second-order valence-corrected chi connectivity index (χ2v) is 3.89. The van der Waals surface area contributed by atoms with Gasteiger partial charge in [0.2, 0.25) is 0 Å². The molecule has 0 aliphatic heterocycles. The van der Waals surface area contributed by atoms with Gasteiger partial charge in [0.1, 0.15) is 5.82 Å². The third-order valence-electron chi connectivity index (χ3n) is 2.55. The van der Waals surface area contributed by atoms with Crippen LogP contribution < -0.4 is 5.32 Å². The van der Waals surface area contributed by atoms with Crippen LogP contribution in [0.3, 0.4) is 0 Å². The minimum atomic E-state index is -1.08. The maximum atomic E-state index is 10.6. The van der Waals surface area contributed by atoms with Gasteiger partial charge in [0.05, 0.1) is 0 Å². The van der Waals surface area contributed by atoms with Gasteiger partial charge in [0, 0.05) is 6.04 Å². The first kappa shape index (κ1) is 12.0. The van der Waals surface area contributed by atoms with E-state index in [-0.39, 0.29) is 11.7 Å². The third-order valence-corrected chi connectivity index (χ3v) is 2.55. The maximum absolute atomic E-state index is 10.6. The Morgan fingerprint density at radius 2 is 1.89 bits per heavy atom. The Morgan fingerprint density at radius 1 is 1.17 bits per heavy atom. The Morgan fingerprint density at radius 3 is 2.44 bits per heavy atom. The van der Waals surface area contributed by atoms with Crippen LogP contribution in [0.5, 0.6) is 0 Å². The highest BCUT2D eigenvalue weighted by molar-refractivity contribution is 5.85. The molecule has 2 N–H and O–H groups in total. The Balaban J connectivity index is 2.08. The van der Waals surface area contributed by atoms with Gasteiger partial charge in [-0.2, -0.15) is 0 Å². The molecule has 0 aliphatic rings. The highest BCUT2D eigenvalue weighted by Crippen LogP contribution is 2.16. The SMILES string of the molecule is CC(Nc1ccc(C(=O)O)nn1)c1ccccc1. The Hall–Kier alpha value is -2.43. The van der Waals surface area contributed by atoms with Gasteiger partial charge in [0.25, 0.3) is 0 Å². The summed E-state index contributed by atoms with van der Waals surface area (Å²) >= 11 is 0. The summed E-state index contributed by atoms with van der Waals surface area (Å²) in [5.74, 6) is -0.526. The number of nitrogens with one attached hydrogen (secondary N) is 1. The highest BCUT2D eigenvalue weighted by Gasteiger charge is 2.08. The summed E-state index contributed by atoms with van der Waals surface area (Å²) in [6, 6.07) is 13.0. The number of aromatic nitrogens is 2. The van der Waals surface area contributed by atoms with Crippen LogP contribution in [-0.4, -0.2) is 21.3 Å². The fourth-order valence-corrected chi connectivity index (χ4v) is 1.57. The lowest BCUT2D eigenvalue weighted by Crippen LogP contribution is -2.10. The molecule has 5 heteroatoms. The molecule has 1 aromatic heterocycles. The Kier molecular flexibility index (Phi) is 3.52. The van der Waals surface area contributed by atoms with Crippen LogP contribution in [-0.2, 0) is 0 Å². The topological polar surface area (TPSA) is 75.1 Å². The van der Waals surface area contributed by atoms with Crippen LogP contribution in [0.4, 0.5) is 5.82 Å². The summed E-state index contributed by atoms with van der Waals surface area (Å²) in [6.07, 6.45) is 0. The Labute approximate surface area is 104 Å². The second-order valence-electron chi connectivity index (χ2n) is 3.89. The van der Waals surface area contributed by atoms with Gasteiger partial charge < -0.3 is 10.4 Å². The van der Waals surface area contributed by atoms with Crippen molar-refractivity contribution in [2.75, 3.05) is 5.32 Å². The third kappa shape index (κ3) is 2.82. The molecule has 2 aromatic rings. The molecule has 1 heterocycles. The molecule has 2 rings (SSSR count). The van der Waals surface area contributed by atoms with Gasteiger partial charge >= 0.3 is 5.97 Å². The molecule has 0 aliphatic carbocycles. The van der Waals surface area contributed by atoms with Crippen LogP contribution in [0, 0.1) is 0 Å². The lowest BCUT2D eigenvalue weighted by Gasteiger charge is -2.14. The molecule has 0 fully saturated rings. The van der Waals surface area contributed by atoms with Gasteiger partial charge in [-0.05, 0) is 24.6 Å². The first-order chi connectivity index (χ1) is 8.66. The van der Waals surface area contributed by atoms with E-state index in [9.17, 15) is 4.79 Å². The second kappa shape index (κ2) is 5.27. The van der Waals surface area contributed by atoms with E-state index in [4.69, 9.17) is 5.11 Å². The van der Waals surface area contributed by atoms with E-state index in [1.165, 1.54) is 6.07 Å². The van der Waals surface area contributed by atoms with Gasteiger partial charge in [-0.1, -0.05) is 30.3 Å². The first-order valence-corrected chi connectivity index (χ1v) is 5.55. The van der Waals surface area contributed by atoms with Crippen molar-refractivity contribution < 1.29 is 9.90 Å². The van der Waals surface area contributed by atoms with E-state index in [1.807, 2.05) is 37.3 Å². The van der Waals surface area contributed by atoms with E-state index in [0.29, 0.717) is 5.82 Å². The monoisotopic (exact) mass is 243 g/mol. The van der Waals surface area contributed by atoms with E-state index >= 15 is 0 Å². The molecular formula is C13H13N3O2. The molecule has 0 saturated heterocycles. The van der Waals surface area contributed by atoms with Crippen molar-refractivity contribution in [3.63, 3.8) is 0 Å². The summed E-state index contributed by atoms with van der Waals surface area (Å²) in [4.78, 5) is 10.6. The molecule has 1 atom stereocenters. The predicted octanol–water partition coefficient (Wildman–Crippen LogP) is 2.35. The normalized spacial score (nSPS) is 11.8. The molecule has 0 amide bonds. The summed E-state index contributed by atoms with van der Waals surface area (Å²) in [5, 5.41) is 19.3. The number of hydrogen-bond acceptors (Lipinski definition) is 4. The van der Waals surface area contributed by atoms with Crippen molar-refractivity contribution in [3.8, 4) is 0 Å². The number of carboxylic acids is 1. The minimum absolute atomic E-state index is 0.0621. The van der Waals surface area contributed by atoms with Crippen LogP contribution in [0.1, 0.15) is 29.0 Å². The number of rotatable bonds is 4. The van der Waals surface area contributed by atoms with Crippen molar-refractivity contribution in [2.24, 2.45) is 0 Å². The first-order valence-electron chi connectivity index (χ1n) is 5.55. The van der Waals surface area contributed by atoms with Crippen molar-refractivity contribution >= 4 is 11.8 Å². The number of nitrogens with zero attached hydrogens (tertiary/aromatic N) is 2. The number of hydrogen-bond donors (Lipinski definition) is 2. The zero-order valence-electron chi connectivity index (χ0n) is 9.87. The van der Waals surface area contributed by atoms with E-state index in [2.05, 4.69) is 15.5 Å². The van der Waals surface area contributed by atoms with Crippen molar-refractivity contribution in [2.45, 2.75) is 13.0 Å². The minimum Gasteiger partial charge on any atom is -0.476 e. The summed E-state index contributed by atoms with van der Waals surface area (Å²) in [5.41, 5.74) is 1.06. The average Bonchev–Trinajstić information content (AvgIpc) is 2.40. The lowest BCUT2D eigenvalue weighted by molar-refractivity contribution is 0.0689. The number of aromatic carboxylic acids is 1. The predicted molar refractivity (Wildman–Crippen MR) is 67.5 cm³/mol. The zero-order valence-corrected chi connectivity index (χ0v) is 9.87. The average molecular weight is 243 g/mol. The van der Waals surface area contributed by atoms with Gasteiger partial charge in [-0.15, -0.1) is 10.2 Å². The van der Waals surface area contributed by atoms with Crippen LogP contribution in [0.2, 0.25) is 0 Å². The molecule has 1 aromatic carbocycles. The smallest absolute Gasteiger partial charge is 0.356 e. The maximum Gasteiger partial charge on any atom is 0.356 e. The molecule has 0 bridgehead atoms. The van der Waals surface area contributed by atoms with Crippen molar-refractivity contribution in [1.82, 2.24) is 10.2 Å². The molecule has 5 nitrogen and oxygen atoms in total. The standard InChI is InChI=1S/C13H13N3O2/c1-9(10-5-3-2-4-6-10)14-12-8-7-11(13(17)18)15-16-12/h2-9H,1H3,(H,14,16)(H,17,18). The Bertz CT molecular complexity index is 526. The fraction of sp³-hybridized carbons (Fsp3) is 0.154.